The third kappa shape index (κ3) is 5.15. The molecule has 0 spiro atoms. The zero-order chi connectivity index (χ0) is 21.1. The standard InChI is InChI=1S/C19H24N4O5S/c1-23(27-2)18(24)19(12-16(13-28-19)22-29(3,25)26)11-14-6-4-7-15(10-14)17-20-8-5-9-21-17/h4-10,16,22H,11-13H2,1-3H3/t16-,19+/m1/s1. The van der Waals surface area contributed by atoms with Crippen LogP contribution in [-0.4, -0.2) is 68.0 Å². The second-order valence-corrected chi connectivity index (χ2v) is 8.81. The van der Waals surface area contributed by atoms with E-state index in [0.29, 0.717) is 5.82 Å². The molecule has 9 nitrogen and oxygen atoms in total. The van der Waals surface area contributed by atoms with Crippen molar-refractivity contribution in [3.05, 3.63) is 48.3 Å². The van der Waals surface area contributed by atoms with Crippen LogP contribution in [0.25, 0.3) is 11.4 Å². The highest BCUT2D eigenvalue weighted by Gasteiger charge is 2.49. The Morgan fingerprint density at radius 3 is 2.72 bits per heavy atom. The molecule has 0 bridgehead atoms. The highest BCUT2D eigenvalue weighted by molar-refractivity contribution is 7.88. The number of rotatable bonds is 7. The van der Waals surface area contributed by atoms with E-state index in [1.807, 2.05) is 24.3 Å². The zero-order valence-corrected chi connectivity index (χ0v) is 17.3. The number of amides is 1. The highest BCUT2D eigenvalue weighted by atomic mass is 32.2. The molecule has 0 aliphatic carbocycles. The van der Waals surface area contributed by atoms with Crippen molar-refractivity contribution in [2.45, 2.75) is 24.5 Å². The highest BCUT2D eigenvalue weighted by Crippen LogP contribution is 2.33. The number of ether oxygens (including phenoxy) is 1. The Labute approximate surface area is 170 Å². The van der Waals surface area contributed by atoms with E-state index in [2.05, 4.69) is 14.7 Å². The van der Waals surface area contributed by atoms with Gasteiger partial charge in [0.05, 0.1) is 20.0 Å². The summed E-state index contributed by atoms with van der Waals surface area (Å²) < 4.78 is 31.7. The monoisotopic (exact) mass is 420 g/mol. The Hall–Kier alpha value is -2.40. The van der Waals surface area contributed by atoms with Gasteiger partial charge in [-0.05, 0) is 17.7 Å². The van der Waals surface area contributed by atoms with Gasteiger partial charge in [-0.15, -0.1) is 0 Å². The fourth-order valence-corrected chi connectivity index (χ4v) is 4.23. The van der Waals surface area contributed by atoms with Crippen molar-refractivity contribution in [3.63, 3.8) is 0 Å². The minimum atomic E-state index is -3.43. The van der Waals surface area contributed by atoms with Crippen LogP contribution in [0, 0.1) is 0 Å². The number of hydroxylamine groups is 2. The summed E-state index contributed by atoms with van der Waals surface area (Å²) in [4.78, 5) is 26.6. The van der Waals surface area contributed by atoms with Crippen LogP contribution in [0.15, 0.2) is 42.7 Å². The predicted octanol–water partition coefficient (Wildman–Crippen LogP) is 0.783. The predicted molar refractivity (Wildman–Crippen MR) is 106 cm³/mol. The number of hydrogen-bond donors (Lipinski definition) is 1. The molecule has 1 aromatic heterocycles. The molecule has 0 unspecified atom stereocenters. The summed E-state index contributed by atoms with van der Waals surface area (Å²) in [5.74, 6) is 0.201. The van der Waals surface area contributed by atoms with Gasteiger partial charge in [0.15, 0.2) is 11.4 Å². The molecular formula is C19H24N4O5S. The van der Waals surface area contributed by atoms with Crippen LogP contribution < -0.4 is 4.72 Å². The summed E-state index contributed by atoms with van der Waals surface area (Å²) in [5, 5.41) is 1.10. The maximum absolute atomic E-state index is 13.0. The average molecular weight is 420 g/mol. The summed E-state index contributed by atoms with van der Waals surface area (Å²) >= 11 is 0. The van der Waals surface area contributed by atoms with E-state index in [1.54, 1.807) is 18.5 Å². The van der Waals surface area contributed by atoms with Gasteiger partial charge in [-0.25, -0.2) is 28.2 Å². The number of likely N-dealkylation sites (N-methyl/N-ethyl adjacent to an activating group) is 1. The molecule has 1 amide bonds. The lowest BCUT2D eigenvalue weighted by molar-refractivity contribution is -0.189. The molecule has 0 radical (unpaired) electrons. The van der Waals surface area contributed by atoms with Crippen molar-refractivity contribution in [3.8, 4) is 11.4 Å². The Kier molecular flexibility index (Phi) is 6.27. The van der Waals surface area contributed by atoms with E-state index in [1.165, 1.54) is 14.2 Å². The molecule has 1 fully saturated rings. The summed E-state index contributed by atoms with van der Waals surface area (Å²) in [5.41, 5.74) is 0.408. The van der Waals surface area contributed by atoms with E-state index in [4.69, 9.17) is 9.57 Å². The van der Waals surface area contributed by atoms with Crippen molar-refractivity contribution in [1.29, 1.82) is 0 Å². The first-order valence-electron chi connectivity index (χ1n) is 9.02. The summed E-state index contributed by atoms with van der Waals surface area (Å²) in [6.45, 7) is 0.0951. The van der Waals surface area contributed by atoms with E-state index in [9.17, 15) is 13.2 Å². The lowest BCUT2D eigenvalue weighted by atomic mass is 9.88. The zero-order valence-electron chi connectivity index (χ0n) is 16.5. The van der Waals surface area contributed by atoms with Gasteiger partial charge >= 0.3 is 0 Å². The molecule has 156 valence electrons. The van der Waals surface area contributed by atoms with Gasteiger partial charge in [0.1, 0.15) is 0 Å². The normalized spacial score (nSPS) is 21.8. The van der Waals surface area contributed by atoms with Crippen LogP contribution >= 0.6 is 0 Å². The van der Waals surface area contributed by atoms with E-state index in [0.717, 1.165) is 22.4 Å². The van der Waals surface area contributed by atoms with Crippen molar-refractivity contribution >= 4 is 15.9 Å². The Balaban J connectivity index is 1.89. The smallest absolute Gasteiger partial charge is 0.278 e. The van der Waals surface area contributed by atoms with Crippen LogP contribution in [0.1, 0.15) is 12.0 Å². The van der Waals surface area contributed by atoms with Crippen molar-refractivity contribution in [2.24, 2.45) is 0 Å². The summed E-state index contributed by atoms with van der Waals surface area (Å²) in [6.07, 6.45) is 4.85. The number of hydrogen-bond acceptors (Lipinski definition) is 7. The van der Waals surface area contributed by atoms with Crippen LogP contribution in [0.2, 0.25) is 0 Å². The Morgan fingerprint density at radius 1 is 1.34 bits per heavy atom. The maximum atomic E-state index is 13.0. The van der Waals surface area contributed by atoms with Gasteiger partial charge in [0, 0.05) is 43.9 Å². The fraction of sp³-hybridized carbons (Fsp3) is 0.421. The molecule has 10 heteroatoms. The molecule has 2 heterocycles. The Bertz CT molecular complexity index is 970. The van der Waals surface area contributed by atoms with Crippen LogP contribution in [-0.2, 0) is 30.8 Å². The van der Waals surface area contributed by atoms with Gasteiger partial charge < -0.3 is 4.74 Å². The van der Waals surface area contributed by atoms with Crippen LogP contribution in [0.5, 0.6) is 0 Å². The first kappa shape index (κ1) is 21.3. The summed E-state index contributed by atoms with van der Waals surface area (Å²) in [7, 11) is -0.539. The number of aromatic nitrogens is 2. The quantitative estimate of drug-likeness (QED) is 0.659. The Morgan fingerprint density at radius 2 is 2.07 bits per heavy atom. The minimum Gasteiger partial charge on any atom is -0.363 e. The van der Waals surface area contributed by atoms with E-state index >= 15 is 0 Å². The lowest BCUT2D eigenvalue weighted by Crippen LogP contribution is -2.49. The van der Waals surface area contributed by atoms with Crippen molar-refractivity contribution in [2.75, 3.05) is 27.0 Å². The van der Waals surface area contributed by atoms with Crippen molar-refractivity contribution < 1.29 is 22.8 Å². The lowest BCUT2D eigenvalue weighted by Gasteiger charge is -2.30. The number of nitrogens with one attached hydrogen (secondary N) is 1. The minimum absolute atomic E-state index is 0.0951. The third-order valence-electron chi connectivity index (χ3n) is 4.71. The number of carbonyl (C=O) groups excluding carboxylic acids is 1. The molecule has 2 atom stereocenters. The molecule has 3 rings (SSSR count). The third-order valence-corrected chi connectivity index (χ3v) is 5.47. The van der Waals surface area contributed by atoms with Gasteiger partial charge in [0.25, 0.3) is 5.91 Å². The first-order chi connectivity index (χ1) is 13.7. The number of carbonyl (C=O) groups is 1. The molecule has 29 heavy (non-hydrogen) atoms. The average Bonchev–Trinajstić information content (AvgIpc) is 3.09. The second kappa shape index (κ2) is 8.54. The molecule has 1 saturated heterocycles. The topological polar surface area (TPSA) is 111 Å². The molecule has 1 aliphatic heterocycles. The van der Waals surface area contributed by atoms with Gasteiger partial charge in [-0.3, -0.25) is 9.63 Å². The van der Waals surface area contributed by atoms with Crippen LogP contribution in [0.3, 0.4) is 0 Å². The molecule has 1 N–H and O–H groups in total. The van der Waals surface area contributed by atoms with E-state index < -0.39 is 21.7 Å². The molecule has 0 saturated carbocycles. The van der Waals surface area contributed by atoms with Crippen LogP contribution in [0.4, 0.5) is 0 Å². The largest absolute Gasteiger partial charge is 0.363 e. The maximum Gasteiger partial charge on any atom is 0.278 e. The van der Waals surface area contributed by atoms with Crippen molar-refractivity contribution in [1.82, 2.24) is 19.8 Å². The number of benzene rings is 1. The van der Waals surface area contributed by atoms with Gasteiger partial charge in [0.2, 0.25) is 10.0 Å². The molecule has 1 aromatic carbocycles. The molecule has 2 aromatic rings. The molecular weight excluding hydrogens is 396 g/mol. The first-order valence-corrected chi connectivity index (χ1v) is 10.9. The number of sulfonamides is 1. The SMILES string of the molecule is CON(C)C(=O)[C@]1(Cc2cccc(-c3ncccn3)c2)C[C@@H](NS(C)(=O)=O)CO1. The number of nitrogens with zero attached hydrogens (tertiary/aromatic N) is 3. The van der Waals surface area contributed by atoms with Gasteiger partial charge in [-0.2, -0.15) is 0 Å². The fourth-order valence-electron chi connectivity index (χ4n) is 3.47. The van der Waals surface area contributed by atoms with Gasteiger partial charge in [-0.1, -0.05) is 18.2 Å². The second-order valence-electron chi connectivity index (χ2n) is 7.03. The summed E-state index contributed by atoms with van der Waals surface area (Å²) in [6, 6.07) is 8.77. The van der Waals surface area contributed by atoms with E-state index in [-0.39, 0.29) is 25.4 Å². The molecule has 1 aliphatic rings.